The Bertz CT molecular complexity index is 1370. The van der Waals surface area contributed by atoms with E-state index in [1.807, 2.05) is 31.1 Å². The summed E-state index contributed by atoms with van der Waals surface area (Å²) in [4.78, 5) is 29.9. The summed E-state index contributed by atoms with van der Waals surface area (Å²) in [5.74, 6) is -1.94. The maximum absolute atomic E-state index is 13.3. The number of hydrogen-bond acceptors (Lipinski definition) is 6. The summed E-state index contributed by atoms with van der Waals surface area (Å²) in [7, 11) is 3.79. The molecular formula is C27H24Cl2N2O5. The topological polar surface area (TPSA) is 90.3 Å². The van der Waals surface area contributed by atoms with Crippen LogP contribution in [0.25, 0.3) is 5.76 Å². The Balaban J connectivity index is 1.94. The van der Waals surface area contributed by atoms with Gasteiger partial charge in [-0.05, 0) is 67.1 Å². The quantitative estimate of drug-likeness (QED) is 0.240. The minimum Gasteiger partial charge on any atom is -0.507 e. The van der Waals surface area contributed by atoms with E-state index in [-0.39, 0.29) is 32.7 Å². The summed E-state index contributed by atoms with van der Waals surface area (Å²) in [6, 6.07) is 15.1. The van der Waals surface area contributed by atoms with Crippen molar-refractivity contribution in [2.75, 3.05) is 30.5 Å². The monoisotopic (exact) mass is 526 g/mol. The van der Waals surface area contributed by atoms with E-state index in [2.05, 4.69) is 0 Å². The fourth-order valence-corrected chi connectivity index (χ4v) is 4.39. The average Bonchev–Trinajstić information content (AvgIpc) is 3.12. The van der Waals surface area contributed by atoms with E-state index in [0.717, 1.165) is 5.69 Å². The van der Waals surface area contributed by atoms with Gasteiger partial charge in [-0.3, -0.25) is 14.5 Å². The number of rotatable bonds is 6. The molecule has 2 N–H and O–H groups in total. The predicted molar refractivity (Wildman–Crippen MR) is 141 cm³/mol. The lowest BCUT2D eigenvalue weighted by molar-refractivity contribution is -0.132. The molecule has 1 fully saturated rings. The van der Waals surface area contributed by atoms with Crippen molar-refractivity contribution in [1.82, 2.24) is 0 Å². The van der Waals surface area contributed by atoms with Crippen LogP contribution in [0.3, 0.4) is 0 Å². The minimum absolute atomic E-state index is 0.0858. The van der Waals surface area contributed by atoms with Gasteiger partial charge in [0.25, 0.3) is 11.7 Å². The standard InChI is InChI=1S/C27H24Cl2N2O5/c1-4-36-22-14-15(6-12-21(22)32)24-23(25(33)16-5-11-19(28)20(29)13-16)26(34)27(35)31(24)18-9-7-17(8-10-18)30(2)3/h5-14,24,32-33H,4H2,1-3H3/b25-23-. The highest BCUT2D eigenvalue weighted by Gasteiger charge is 2.47. The number of anilines is 2. The molecule has 9 heteroatoms. The summed E-state index contributed by atoms with van der Waals surface area (Å²) < 4.78 is 5.53. The van der Waals surface area contributed by atoms with E-state index in [0.29, 0.717) is 17.9 Å². The lowest BCUT2D eigenvalue weighted by Crippen LogP contribution is -2.29. The number of halogens is 2. The summed E-state index contributed by atoms with van der Waals surface area (Å²) in [5.41, 5.74) is 1.95. The van der Waals surface area contributed by atoms with Gasteiger partial charge in [-0.25, -0.2) is 0 Å². The molecule has 3 aromatic carbocycles. The van der Waals surface area contributed by atoms with Gasteiger partial charge in [0.05, 0.1) is 28.3 Å². The highest BCUT2D eigenvalue weighted by Crippen LogP contribution is 2.44. The molecule has 1 amide bonds. The van der Waals surface area contributed by atoms with Gasteiger partial charge in [0.15, 0.2) is 11.5 Å². The Morgan fingerprint density at radius 2 is 1.69 bits per heavy atom. The SMILES string of the molecule is CCOc1cc(C2/C(=C(/O)c3ccc(Cl)c(Cl)c3)C(=O)C(=O)N2c2ccc(N(C)C)cc2)ccc1O. The number of amides is 1. The smallest absolute Gasteiger partial charge is 0.300 e. The molecule has 0 aliphatic carbocycles. The van der Waals surface area contributed by atoms with Crippen LogP contribution in [0.15, 0.2) is 66.2 Å². The van der Waals surface area contributed by atoms with E-state index in [9.17, 15) is 19.8 Å². The van der Waals surface area contributed by atoms with E-state index in [1.165, 1.54) is 29.2 Å². The maximum atomic E-state index is 13.3. The highest BCUT2D eigenvalue weighted by molar-refractivity contribution is 6.51. The fraction of sp³-hybridized carbons (Fsp3) is 0.185. The zero-order chi connectivity index (χ0) is 26.1. The molecule has 0 radical (unpaired) electrons. The van der Waals surface area contributed by atoms with E-state index in [4.69, 9.17) is 27.9 Å². The van der Waals surface area contributed by atoms with Crippen molar-refractivity contribution in [3.63, 3.8) is 0 Å². The molecule has 1 atom stereocenters. The Morgan fingerprint density at radius 3 is 2.31 bits per heavy atom. The third-order valence-electron chi connectivity index (χ3n) is 5.88. The number of aliphatic hydroxyl groups is 1. The van der Waals surface area contributed by atoms with Gasteiger partial charge in [-0.2, -0.15) is 0 Å². The van der Waals surface area contributed by atoms with Crippen LogP contribution >= 0.6 is 23.2 Å². The Hall–Kier alpha value is -3.68. The van der Waals surface area contributed by atoms with E-state index >= 15 is 0 Å². The molecule has 3 aromatic rings. The number of benzene rings is 3. The lowest BCUT2D eigenvalue weighted by atomic mass is 9.94. The van der Waals surface area contributed by atoms with E-state index < -0.39 is 23.5 Å². The molecule has 36 heavy (non-hydrogen) atoms. The lowest BCUT2D eigenvalue weighted by Gasteiger charge is -2.26. The first kappa shape index (κ1) is 25.4. The zero-order valence-corrected chi connectivity index (χ0v) is 21.3. The molecule has 1 unspecified atom stereocenters. The largest absolute Gasteiger partial charge is 0.507 e. The summed E-state index contributed by atoms with van der Waals surface area (Å²) in [5, 5.41) is 21.9. The number of aliphatic hydroxyl groups excluding tert-OH is 1. The van der Waals surface area contributed by atoms with Crippen LogP contribution in [-0.4, -0.2) is 42.6 Å². The van der Waals surface area contributed by atoms with Gasteiger partial charge in [0.2, 0.25) is 0 Å². The zero-order valence-electron chi connectivity index (χ0n) is 19.8. The number of aromatic hydroxyl groups is 1. The molecular weight excluding hydrogens is 503 g/mol. The number of carbonyl (C=O) groups is 2. The Kier molecular flexibility index (Phi) is 7.15. The molecule has 4 rings (SSSR count). The molecule has 0 spiro atoms. The van der Waals surface area contributed by atoms with E-state index in [1.54, 1.807) is 31.2 Å². The summed E-state index contributed by atoms with van der Waals surface area (Å²) in [6.45, 7) is 2.07. The van der Waals surface area contributed by atoms with Gasteiger partial charge >= 0.3 is 0 Å². The number of hydrogen-bond donors (Lipinski definition) is 2. The fourth-order valence-electron chi connectivity index (χ4n) is 4.10. The second-order valence-electron chi connectivity index (χ2n) is 8.37. The van der Waals surface area contributed by atoms with Gasteiger partial charge in [-0.15, -0.1) is 0 Å². The third-order valence-corrected chi connectivity index (χ3v) is 6.62. The van der Waals surface area contributed by atoms with Gasteiger partial charge in [-0.1, -0.05) is 29.3 Å². The maximum Gasteiger partial charge on any atom is 0.300 e. The third kappa shape index (κ3) is 4.59. The van der Waals surface area contributed by atoms with Crippen LogP contribution in [0.5, 0.6) is 11.5 Å². The number of carbonyl (C=O) groups excluding carboxylic acids is 2. The number of phenols is 1. The molecule has 7 nitrogen and oxygen atoms in total. The normalized spacial score (nSPS) is 16.9. The number of ether oxygens (including phenoxy) is 1. The molecule has 186 valence electrons. The number of nitrogens with zero attached hydrogens (tertiary/aromatic N) is 2. The molecule has 0 saturated carbocycles. The Labute approximate surface area is 218 Å². The van der Waals surface area contributed by atoms with Crippen LogP contribution < -0.4 is 14.5 Å². The minimum atomic E-state index is -0.996. The summed E-state index contributed by atoms with van der Waals surface area (Å²) >= 11 is 12.2. The van der Waals surface area contributed by atoms with Crippen molar-refractivity contribution in [3.05, 3.63) is 87.4 Å². The van der Waals surface area contributed by atoms with Crippen molar-refractivity contribution in [2.45, 2.75) is 13.0 Å². The second-order valence-corrected chi connectivity index (χ2v) is 9.18. The predicted octanol–water partition coefficient (Wildman–Crippen LogP) is 5.79. The summed E-state index contributed by atoms with van der Waals surface area (Å²) in [6.07, 6.45) is 0. The van der Waals surface area contributed by atoms with Crippen LogP contribution in [0.2, 0.25) is 10.0 Å². The number of phenolic OH excluding ortho intramolecular Hbond substituents is 1. The Morgan fingerprint density at radius 1 is 1.00 bits per heavy atom. The molecule has 0 aromatic heterocycles. The van der Waals surface area contributed by atoms with Gasteiger partial charge < -0.3 is 19.8 Å². The van der Waals surface area contributed by atoms with Crippen molar-refractivity contribution in [3.8, 4) is 11.5 Å². The van der Waals surface area contributed by atoms with Crippen LogP contribution in [-0.2, 0) is 9.59 Å². The van der Waals surface area contributed by atoms with Crippen LogP contribution in [0.1, 0.15) is 24.1 Å². The van der Waals surface area contributed by atoms with Crippen molar-refractivity contribution < 1.29 is 24.5 Å². The van der Waals surface area contributed by atoms with Crippen LogP contribution in [0, 0.1) is 0 Å². The second kappa shape index (κ2) is 10.1. The van der Waals surface area contributed by atoms with Crippen molar-refractivity contribution in [2.24, 2.45) is 0 Å². The van der Waals surface area contributed by atoms with Crippen molar-refractivity contribution in [1.29, 1.82) is 0 Å². The first-order valence-corrected chi connectivity index (χ1v) is 11.9. The molecule has 1 saturated heterocycles. The first-order chi connectivity index (χ1) is 17.1. The molecule has 1 heterocycles. The molecule has 0 bridgehead atoms. The van der Waals surface area contributed by atoms with Crippen molar-refractivity contribution >= 4 is 52.0 Å². The highest BCUT2D eigenvalue weighted by atomic mass is 35.5. The number of Topliss-reactive ketones (excluding diaryl/α,β-unsaturated/α-hetero) is 1. The molecule has 1 aliphatic heterocycles. The average molecular weight is 527 g/mol. The first-order valence-electron chi connectivity index (χ1n) is 11.1. The van der Waals surface area contributed by atoms with Gasteiger partial charge in [0.1, 0.15) is 5.76 Å². The number of ketones is 1. The molecule has 1 aliphatic rings. The van der Waals surface area contributed by atoms with Gasteiger partial charge in [0, 0.05) is 31.0 Å². The van der Waals surface area contributed by atoms with Crippen LogP contribution in [0.4, 0.5) is 11.4 Å².